The van der Waals surface area contributed by atoms with E-state index in [4.69, 9.17) is 20.9 Å². The molecule has 4 aromatic carbocycles. The van der Waals surface area contributed by atoms with Crippen LogP contribution in [-0.2, 0) is 32.0 Å². The van der Waals surface area contributed by atoms with Crippen molar-refractivity contribution in [3.63, 3.8) is 0 Å². The average Bonchev–Trinajstić information content (AvgIpc) is 3.32. The summed E-state index contributed by atoms with van der Waals surface area (Å²) in [5.74, 6) is -0.386. The molecule has 2 aliphatic rings. The Morgan fingerprint density at radius 1 is 0.554 bits per heavy atom. The Balaban J connectivity index is 1.19. The van der Waals surface area contributed by atoms with Gasteiger partial charge in [-0.25, -0.2) is 0 Å². The van der Waals surface area contributed by atoms with E-state index in [1.807, 2.05) is 12.2 Å². The number of benzene rings is 4. The molecule has 0 saturated heterocycles. The summed E-state index contributed by atoms with van der Waals surface area (Å²) < 4.78 is 11.4. The number of ether oxygens (including phenoxy) is 2. The molecule has 6 rings (SSSR count). The molecule has 0 radical (unpaired) electrons. The summed E-state index contributed by atoms with van der Waals surface area (Å²) in [6.07, 6.45) is 14.4. The maximum atomic E-state index is 14.1. The molecule has 2 fully saturated rings. The van der Waals surface area contributed by atoms with Gasteiger partial charge >= 0.3 is 11.9 Å². The number of carbonyl (C=O) groups excluding carboxylic acids is 4. The molecule has 2 unspecified atom stereocenters. The molecule has 2 atom stereocenters. The molecule has 340 valence electrons. The highest BCUT2D eigenvalue weighted by Crippen LogP contribution is 2.39. The smallest absolute Gasteiger partial charge is 0.314 e. The SMILES string of the molecule is C=CCC1CCC(C(=O)Oc2ccc(/C=C/C(=O)C(O)C(Cc3ccc(N)cc3)(Cc3ccc(N)cc3)C(O)C(=O)/C=C/c3ccc(OC(=O)C4CCC(CC=C)CC4)cc3)cc2)CC1. The normalized spacial score (nSPS) is 19.8. The number of ketones is 2. The fourth-order valence-electron chi connectivity index (χ4n) is 9.17. The zero-order valence-corrected chi connectivity index (χ0v) is 37.1. The summed E-state index contributed by atoms with van der Waals surface area (Å²) in [4.78, 5) is 54.1. The van der Waals surface area contributed by atoms with Crippen molar-refractivity contribution in [1.82, 2.24) is 0 Å². The van der Waals surface area contributed by atoms with Gasteiger partial charge in [0.1, 0.15) is 23.7 Å². The highest BCUT2D eigenvalue weighted by Gasteiger charge is 2.49. The van der Waals surface area contributed by atoms with Crippen LogP contribution in [0.3, 0.4) is 0 Å². The fourth-order valence-corrected chi connectivity index (χ4v) is 9.17. The second-order valence-corrected chi connectivity index (χ2v) is 17.8. The Labute approximate surface area is 382 Å². The first-order chi connectivity index (χ1) is 31.3. The van der Waals surface area contributed by atoms with Crippen molar-refractivity contribution in [2.75, 3.05) is 11.5 Å². The number of rotatable bonds is 20. The van der Waals surface area contributed by atoms with E-state index in [0.717, 1.165) is 64.2 Å². The van der Waals surface area contributed by atoms with Crippen LogP contribution in [-0.4, -0.2) is 45.9 Å². The van der Waals surface area contributed by atoms with Gasteiger partial charge in [0.05, 0.1) is 11.8 Å². The molecule has 10 heteroatoms. The van der Waals surface area contributed by atoms with Gasteiger partial charge in [-0.15, -0.1) is 13.2 Å². The van der Waals surface area contributed by atoms with Gasteiger partial charge in [0.25, 0.3) is 0 Å². The lowest BCUT2D eigenvalue weighted by Crippen LogP contribution is -2.54. The predicted molar refractivity (Wildman–Crippen MR) is 256 cm³/mol. The number of anilines is 2. The van der Waals surface area contributed by atoms with Crippen LogP contribution in [0.5, 0.6) is 11.5 Å². The van der Waals surface area contributed by atoms with Crippen LogP contribution in [0.4, 0.5) is 11.4 Å². The summed E-state index contributed by atoms with van der Waals surface area (Å²) in [5, 5.41) is 24.4. The van der Waals surface area contributed by atoms with Crippen molar-refractivity contribution in [3.8, 4) is 11.5 Å². The van der Waals surface area contributed by atoms with E-state index < -0.39 is 29.2 Å². The lowest BCUT2D eigenvalue weighted by molar-refractivity contribution is -0.146. The topological polar surface area (TPSA) is 179 Å². The Bertz CT molecular complexity index is 2130. The first kappa shape index (κ1) is 48.1. The highest BCUT2D eigenvalue weighted by molar-refractivity contribution is 6.01. The first-order valence-corrected chi connectivity index (χ1v) is 22.7. The standard InChI is InChI=1S/C55H62N2O8/c1-3-5-37-7-21-43(22-8-37)53(62)64-47-29-15-39(16-30-47)19-33-49(58)51(60)55(35-41-11-25-45(56)26-12-41,36-42-13-27-46(57)28-14-42)52(61)50(59)34-20-40-17-31-48(32-18-40)65-54(63)44-23-9-38(6-4-2)10-24-44/h3-4,11-20,25-34,37-38,43-44,51-52,60-61H,1-2,5-10,21-24,35-36,56-57H2/b33-19+,34-20+. The molecule has 6 N–H and O–H groups in total. The third-order valence-electron chi connectivity index (χ3n) is 13.1. The van der Waals surface area contributed by atoms with Gasteiger partial charge in [0.15, 0.2) is 11.6 Å². The van der Waals surface area contributed by atoms with Crippen molar-refractivity contribution in [1.29, 1.82) is 0 Å². The van der Waals surface area contributed by atoms with E-state index in [1.165, 1.54) is 24.3 Å². The van der Waals surface area contributed by atoms with Gasteiger partial charge in [-0.3, -0.25) is 19.2 Å². The van der Waals surface area contributed by atoms with Gasteiger partial charge in [0, 0.05) is 16.8 Å². The van der Waals surface area contributed by atoms with Gasteiger partial charge in [-0.2, -0.15) is 0 Å². The van der Waals surface area contributed by atoms with Crippen molar-refractivity contribution >= 4 is 47.0 Å². The quantitative estimate of drug-likeness (QED) is 0.0220. The third-order valence-corrected chi connectivity index (χ3v) is 13.1. The molecule has 0 aromatic heterocycles. The lowest BCUT2D eigenvalue weighted by atomic mass is 9.66. The van der Waals surface area contributed by atoms with E-state index >= 15 is 0 Å². The summed E-state index contributed by atoms with van der Waals surface area (Å²) >= 11 is 0. The molecule has 0 amide bonds. The summed E-state index contributed by atoms with van der Waals surface area (Å²) in [5.41, 5.74) is 13.7. The van der Waals surface area contributed by atoms with Crippen LogP contribution in [0.25, 0.3) is 12.2 Å². The Morgan fingerprint density at radius 3 is 1.22 bits per heavy atom. The van der Waals surface area contributed by atoms with Crippen molar-refractivity contribution in [2.24, 2.45) is 29.1 Å². The van der Waals surface area contributed by atoms with Crippen LogP contribution >= 0.6 is 0 Å². The van der Waals surface area contributed by atoms with Gasteiger partial charge in [-0.05, 0) is 172 Å². The van der Waals surface area contributed by atoms with E-state index in [-0.39, 0.29) is 36.6 Å². The fraction of sp³-hybridized carbons (Fsp3) is 0.345. The molecule has 0 heterocycles. The summed E-state index contributed by atoms with van der Waals surface area (Å²) in [7, 11) is 0. The minimum atomic E-state index is -1.87. The summed E-state index contributed by atoms with van der Waals surface area (Å²) in [6.45, 7) is 7.65. The molecule has 2 aliphatic carbocycles. The molecule has 10 nitrogen and oxygen atoms in total. The number of aliphatic hydroxyl groups excluding tert-OH is 2. The molecule has 65 heavy (non-hydrogen) atoms. The summed E-state index contributed by atoms with van der Waals surface area (Å²) in [6, 6.07) is 27.1. The second kappa shape index (κ2) is 23.0. The van der Waals surface area contributed by atoms with E-state index in [0.29, 0.717) is 57.0 Å². The highest BCUT2D eigenvalue weighted by atomic mass is 16.5. The van der Waals surface area contributed by atoms with Crippen LogP contribution in [0.2, 0.25) is 0 Å². The zero-order chi connectivity index (χ0) is 46.3. The number of carbonyl (C=O) groups is 4. The number of hydrogen-bond donors (Lipinski definition) is 4. The second-order valence-electron chi connectivity index (χ2n) is 17.8. The molecule has 4 aromatic rings. The number of allylic oxidation sites excluding steroid dienone is 2. The van der Waals surface area contributed by atoms with Crippen LogP contribution < -0.4 is 20.9 Å². The predicted octanol–water partition coefficient (Wildman–Crippen LogP) is 9.49. The molecular weight excluding hydrogens is 817 g/mol. The molecular formula is C55H62N2O8. The minimum absolute atomic E-state index is 0.0783. The average molecular weight is 879 g/mol. The zero-order valence-electron chi connectivity index (χ0n) is 37.1. The number of nitrogens with two attached hydrogens (primary N) is 2. The number of hydrogen-bond acceptors (Lipinski definition) is 10. The minimum Gasteiger partial charge on any atom is -0.426 e. The number of aliphatic hydroxyl groups is 2. The van der Waals surface area contributed by atoms with Crippen LogP contribution in [0.1, 0.15) is 86.5 Å². The van der Waals surface area contributed by atoms with Crippen molar-refractivity contribution < 1.29 is 38.9 Å². The first-order valence-electron chi connectivity index (χ1n) is 22.7. The van der Waals surface area contributed by atoms with Gasteiger partial charge < -0.3 is 31.2 Å². The Morgan fingerprint density at radius 2 is 0.892 bits per heavy atom. The van der Waals surface area contributed by atoms with E-state index in [1.54, 1.807) is 97.1 Å². The van der Waals surface area contributed by atoms with Crippen LogP contribution in [0, 0.1) is 29.1 Å². The molecule has 0 bridgehead atoms. The molecule has 0 aliphatic heterocycles. The van der Waals surface area contributed by atoms with Crippen LogP contribution in [0.15, 0.2) is 135 Å². The number of nitrogen functional groups attached to an aromatic ring is 2. The van der Waals surface area contributed by atoms with Crippen molar-refractivity contribution in [3.05, 3.63) is 157 Å². The molecule has 2 saturated carbocycles. The van der Waals surface area contributed by atoms with Gasteiger partial charge in [-0.1, -0.05) is 72.8 Å². The Kier molecular flexibility index (Phi) is 17.0. The third kappa shape index (κ3) is 13.3. The van der Waals surface area contributed by atoms with Gasteiger partial charge in [0.2, 0.25) is 0 Å². The van der Waals surface area contributed by atoms with Crippen molar-refractivity contribution in [2.45, 2.75) is 89.3 Å². The molecule has 0 spiro atoms. The Hall–Kier alpha value is -6.36. The monoisotopic (exact) mass is 878 g/mol. The van der Waals surface area contributed by atoms with E-state index in [2.05, 4.69) is 13.2 Å². The lowest BCUT2D eigenvalue weighted by Gasteiger charge is -2.40. The van der Waals surface area contributed by atoms with E-state index in [9.17, 15) is 29.4 Å². The maximum Gasteiger partial charge on any atom is 0.314 e. The number of esters is 2. The largest absolute Gasteiger partial charge is 0.426 e. The maximum absolute atomic E-state index is 14.1.